The Morgan fingerprint density at radius 1 is 1.21 bits per heavy atom. The summed E-state index contributed by atoms with van der Waals surface area (Å²) in [6, 6.07) is 6.01. The van der Waals surface area contributed by atoms with Crippen molar-refractivity contribution in [3.8, 4) is 11.5 Å². The molecule has 0 radical (unpaired) electrons. The predicted molar refractivity (Wildman–Crippen MR) is 90.5 cm³/mol. The van der Waals surface area contributed by atoms with E-state index in [4.69, 9.17) is 9.47 Å². The number of aryl methyl sites for hydroxylation is 2. The van der Waals surface area contributed by atoms with Crippen LogP contribution < -0.4 is 14.2 Å². The second-order valence-corrected chi connectivity index (χ2v) is 8.22. The summed E-state index contributed by atoms with van der Waals surface area (Å²) in [6.45, 7) is 4.68. The van der Waals surface area contributed by atoms with Gasteiger partial charge in [-0.15, -0.1) is 11.3 Å². The molecule has 1 aliphatic heterocycles. The highest BCUT2D eigenvalue weighted by atomic mass is 32.2. The molecule has 0 bridgehead atoms. The second kappa shape index (κ2) is 6.45. The maximum Gasteiger partial charge on any atom is 0.275 e. The Kier molecular flexibility index (Phi) is 4.51. The molecule has 24 heavy (non-hydrogen) atoms. The van der Waals surface area contributed by atoms with Crippen LogP contribution in [0.4, 0.5) is 0 Å². The predicted octanol–water partition coefficient (Wildman–Crippen LogP) is 2.51. The van der Waals surface area contributed by atoms with E-state index >= 15 is 0 Å². The highest BCUT2D eigenvalue weighted by Gasteiger charge is 2.23. The van der Waals surface area contributed by atoms with Crippen LogP contribution in [0.1, 0.15) is 27.0 Å². The van der Waals surface area contributed by atoms with Crippen molar-refractivity contribution in [3.63, 3.8) is 0 Å². The average molecular weight is 367 g/mol. The highest BCUT2D eigenvalue weighted by Crippen LogP contribution is 2.32. The SMILES string of the molecule is CCc1cc(C(=O)NS(=O)(=O)c2ccc3c(c2)OCCO3)sc1C. The number of fused-ring (bicyclic) bond motifs is 1. The summed E-state index contributed by atoms with van der Waals surface area (Å²) < 4.78 is 37.7. The van der Waals surface area contributed by atoms with Crippen molar-refractivity contribution < 1.29 is 22.7 Å². The highest BCUT2D eigenvalue weighted by molar-refractivity contribution is 7.90. The van der Waals surface area contributed by atoms with Crippen LogP contribution in [-0.2, 0) is 16.4 Å². The third-order valence-electron chi connectivity index (χ3n) is 3.68. The fourth-order valence-electron chi connectivity index (χ4n) is 2.40. The molecule has 3 rings (SSSR count). The lowest BCUT2D eigenvalue weighted by molar-refractivity contribution is 0.0985. The Balaban J connectivity index is 1.84. The zero-order valence-corrected chi connectivity index (χ0v) is 14.9. The number of carbonyl (C=O) groups is 1. The van der Waals surface area contributed by atoms with E-state index in [0.29, 0.717) is 29.6 Å². The van der Waals surface area contributed by atoms with Crippen molar-refractivity contribution in [1.29, 1.82) is 0 Å². The molecule has 1 N–H and O–H groups in total. The molecule has 0 saturated heterocycles. The van der Waals surface area contributed by atoms with E-state index in [1.165, 1.54) is 29.5 Å². The van der Waals surface area contributed by atoms with E-state index in [2.05, 4.69) is 4.72 Å². The number of hydrogen-bond acceptors (Lipinski definition) is 6. The van der Waals surface area contributed by atoms with Gasteiger partial charge in [-0.3, -0.25) is 4.79 Å². The molecule has 1 aliphatic rings. The maximum atomic E-state index is 12.4. The van der Waals surface area contributed by atoms with Crippen LogP contribution in [0.15, 0.2) is 29.2 Å². The van der Waals surface area contributed by atoms with Crippen LogP contribution >= 0.6 is 11.3 Å². The van der Waals surface area contributed by atoms with Gasteiger partial charge in [0.15, 0.2) is 11.5 Å². The fraction of sp³-hybridized carbons (Fsp3) is 0.312. The van der Waals surface area contributed by atoms with Crippen molar-refractivity contribution in [3.05, 3.63) is 39.6 Å². The summed E-state index contributed by atoms with van der Waals surface area (Å²) >= 11 is 1.28. The van der Waals surface area contributed by atoms with Crippen LogP contribution in [0.3, 0.4) is 0 Å². The number of hydrogen-bond donors (Lipinski definition) is 1. The summed E-state index contributed by atoms with van der Waals surface area (Å²) in [4.78, 5) is 13.6. The van der Waals surface area contributed by atoms with E-state index in [0.717, 1.165) is 16.9 Å². The summed E-state index contributed by atoms with van der Waals surface area (Å²) in [6.07, 6.45) is 0.796. The molecular weight excluding hydrogens is 350 g/mol. The number of thiophene rings is 1. The first-order chi connectivity index (χ1) is 11.4. The molecule has 0 fully saturated rings. The van der Waals surface area contributed by atoms with E-state index < -0.39 is 15.9 Å². The summed E-state index contributed by atoms with van der Waals surface area (Å²) in [5.74, 6) is 0.225. The molecule has 8 heteroatoms. The largest absolute Gasteiger partial charge is 0.486 e. The Hall–Kier alpha value is -2.06. The molecule has 0 unspecified atom stereocenters. The van der Waals surface area contributed by atoms with Gasteiger partial charge < -0.3 is 9.47 Å². The van der Waals surface area contributed by atoms with Crippen LogP contribution in [-0.4, -0.2) is 27.5 Å². The number of nitrogens with one attached hydrogen (secondary N) is 1. The van der Waals surface area contributed by atoms with Gasteiger partial charge in [0.25, 0.3) is 15.9 Å². The molecule has 1 aromatic heterocycles. The lowest BCUT2D eigenvalue weighted by atomic mass is 10.2. The molecule has 1 amide bonds. The molecule has 128 valence electrons. The number of benzene rings is 1. The lowest BCUT2D eigenvalue weighted by Crippen LogP contribution is -2.30. The minimum absolute atomic E-state index is 0.0379. The first-order valence-electron chi connectivity index (χ1n) is 7.47. The van der Waals surface area contributed by atoms with E-state index in [1.807, 2.05) is 13.8 Å². The second-order valence-electron chi connectivity index (χ2n) is 5.29. The molecule has 0 aliphatic carbocycles. The van der Waals surface area contributed by atoms with Gasteiger partial charge in [-0.1, -0.05) is 6.92 Å². The quantitative estimate of drug-likeness (QED) is 0.898. The van der Waals surface area contributed by atoms with E-state index in [9.17, 15) is 13.2 Å². The van der Waals surface area contributed by atoms with Crippen molar-refractivity contribution in [1.82, 2.24) is 4.72 Å². The Labute approximate surface area is 144 Å². The third kappa shape index (κ3) is 3.25. The average Bonchev–Trinajstić information content (AvgIpc) is 2.95. The number of carbonyl (C=O) groups excluding carboxylic acids is 1. The molecule has 0 atom stereocenters. The molecule has 0 spiro atoms. The Morgan fingerprint density at radius 2 is 1.92 bits per heavy atom. The van der Waals surface area contributed by atoms with Crippen LogP contribution in [0.25, 0.3) is 0 Å². The summed E-state index contributed by atoms with van der Waals surface area (Å²) in [5, 5.41) is 0. The minimum Gasteiger partial charge on any atom is -0.486 e. The molecular formula is C16H17NO5S2. The van der Waals surface area contributed by atoms with Crippen LogP contribution in [0.2, 0.25) is 0 Å². The van der Waals surface area contributed by atoms with Crippen molar-refractivity contribution in [2.45, 2.75) is 25.2 Å². The Morgan fingerprint density at radius 3 is 2.58 bits per heavy atom. The van der Waals surface area contributed by atoms with Crippen LogP contribution in [0.5, 0.6) is 11.5 Å². The summed E-state index contributed by atoms with van der Waals surface area (Å²) in [7, 11) is -3.98. The smallest absolute Gasteiger partial charge is 0.275 e. The van der Waals surface area contributed by atoms with Crippen molar-refractivity contribution in [2.24, 2.45) is 0 Å². The van der Waals surface area contributed by atoms with Gasteiger partial charge in [0.2, 0.25) is 0 Å². The van der Waals surface area contributed by atoms with Gasteiger partial charge in [0, 0.05) is 10.9 Å². The van der Waals surface area contributed by atoms with Gasteiger partial charge in [-0.2, -0.15) is 0 Å². The number of rotatable bonds is 4. The van der Waals surface area contributed by atoms with Crippen molar-refractivity contribution in [2.75, 3.05) is 13.2 Å². The van der Waals surface area contributed by atoms with Gasteiger partial charge in [-0.05, 0) is 37.1 Å². The minimum atomic E-state index is -3.98. The fourth-order valence-corrected chi connectivity index (χ4v) is 4.46. The molecule has 6 nitrogen and oxygen atoms in total. The molecule has 1 aromatic carbocycles. The van der Waals surface area contributed by atoms with Crippen molar-refractivity contribution >= 4 is 27.3 Å². The van der Waals surface area contributed by atoms with Gasteiger partial charge >= 0.3 is 0 Å². The number of ether oxygens (including phenoxy) is 2. The van der Waals surface area contributed by atoms with E-state index in [-0.39, 0.29) is 4.90 Å². The van der Waals surface area contributed by atoms with Crippen LogP contribution in [0, 0.1) is 6.92 Å². The number of amides is 1. The monoisotopic (exact) mass is 367 g/mol. The van der Waals surface area contributed by atoms with E-state index in [1.54, 1.807) is 6.07 Å². The van der Waals surface area contributed by atoms with Gasteiger partial charge in [0.1, 0.15) is 13.2 Å². The first-order valence-corrected chi connectivity index (χ1v) is 9.77. The molecule has 0 saturated carbocycles. The molecule has 2 aromatic rings. The zero-order chi connectivity index (χ0) is 17.3. The number of sulfonamides is 1. The molecule has 2 heterocycles. The topological polar surface area (TPSA) is 81.7 Å². The zero-order valence-electron chi connectivity index (χ0n) is 13.3. The maximum absolute atomic E-state index is 12.4. The Bertz CT molecular complexity index is 886. The van der Waals surface area contributed by atoms with Gasteiger partial charge in [-0.25, -0.2) is 13.1 Å². The van der Waals surface area contributed by atoms with Gasteiger partial charge in [0.05, 0.1) is 9.77 Å². The third-order valence-corrected chi connectivity index (χ3v) is 6.10. The normalized spacial score (nSPS) is 13.6. The standard InChI is InChI=1S/C16H17NO5S2/c1-3-11-8-15(23-10(11)2)16(18)17-24(19,20)12-4-5-13-14(9-12)22-7-6-21-13/h4-5,8-9H,3,6-7H2,1-2H3,(H,17,18). The first kappa shape index (κ1) is 16.8. The summed E-state index contributed by atoms with van der Waals surface area (Å²) in [5.41, 5.74) is 1.04. The lowest BCUT2D eigenvalue weighted by Gasteiger charge is -2.18.